The number of imidazole rings is 1. The lowest BCUT2D eigenvalue weighted by Gasteiger charge is -2.66. The minimum absolute atomic E-state index is 0.0282. The number of nitrogens with zero attached hydrogens (tertiary/aromatic N) is 2. The Balaban J connectivity index is 1.49. The molecule has 124 valence electrons. The lowest BCUT2D eigenvalue weighted by molar-refractivity contribution is -0.220. The summed E-state index contributed by atoms with van der Waals surface area (Å²) in [5.74, 6) is -0.796. The second kappa shape index (κ2) is 5.19. The first-order chi connectivity index (χ1) is 11.5. The van der Waals surface area contributed by atoms with E-state index in [1.807, 2.05) is 41.1 Å². The minimum Gasteiger partial charge on any atom is -0.481 e. The number of carbonyl (C=O) groups excluding carboxylic acids is 1. The highest BCUT2D eigenvalue weighted by Crippen LogP contribution is 2.73. The zero-order valence-electron chi connectivity index (χ0n) is 13.2. The molecule has 1 heterocycles. The molecule has 3 aliphatic rings. The topological polar surface area (TPSA) is 84.2 Å². The van der Waals surface area contributed by atoms with Crippen molar-refractivity contribution in [3.63, 3.8) is 0 Å². The van der Waals surface area contributed by atoms with Crippen LogP contribution in [0.5, 0.6) is 0 Å². The molecule has 3 fully saturated rings. The quantitative estimate of drug-likeness (QED) is 0.851. The number of nitrogens with one attached hydrogen (secondary N) is 1. The molecule has 1 atom stereocenters. The number of benzene rings is 1. The van der Waals surface area contributed by atoms with Crippen LogP contribution in [0.4, 0.5) is 0 Å². The number of aliphatic carboxylic acids is 1. The zero-order valence-corrected chi connectivity index (χ0v) is 13.2. The van der Waals surface area contributed by atoms with Crippen LogP contribution in [0.2, 0.25) is 0 Å². The first kappa shape index (κ1) is 14.9. The van der Waals surface area contributed by atoms with Crippen LogP contribution >= 0.6 is 0 Å². The molecule has 0 aliphatic heterocycles. The summed E-state index contributed by atoms with van der Waals surface area (Å²) in [7, 11) is 0. The van der Waals surface area contributed by atoms with E-state index in [2.05, 4.69) is 10.3 Å². The SMILES string of the molecule is O=C(O)C12CC(C(=O)NC(Cn3ccnc3)c3ccccc3)(C1)C2. The van der Waals surface area contributed by atoms with Gasteiger partial charge in [0, 0.05) is 18.9 Å². The Morgan fingerprint density at radius 2 is 1.92 bits per heavy atom. The Morgan fingerprint density at radius 1 is 1.21 bits per heavy atom. The Kier molecular flexibility index (Phi) is 3.23. The second-order valence-electron chi connectivity index (χ2n) is 7.09. The van der Waals surface area contributed by atoms with Gasteiger partial charge in [0.05, 0.1) is 23.2 Å². The summed E-state index contributed by atoms with van der Waals surface area (Å²) in [5.41, 5.74) is -0.0799. The van der Waals surface area contributed by atoms with E-state index in [1.165, 1.54) is 0 Å². The number of hydrogen-bond donors (Lipinski definition) is 2. The summed E-state index contributed by atoms with van der Waals surface area (Å²) >= 11 is 0. The molecular weight excluding hydrogens is 306 g/mol. The second-order valence-corrected chi connectivity index (χ2v) is 7.09. The van der Waals surface area contributed by atoms with Gasteiger partial charge in [0.2, 0.25) is 5.91 Å². The van der Waals surface area contributed by atoms with Crippen molar-refractivity contribution in [1.29, 1.82) is 0 Å². The maximum atomic E-state index is 12.7. The van der Waals surface area contributed by atoms with Gasteiger partial charge >= 0.3 is 5.97 Å². The van der Waals surface area contributed by atoms with E-state index < -0.39 is 16.8 Å². The number of carboxylic acids is 1. The molecule has 6 heteroatoms. The van der Waals surface area contributed by atoms with Crippen molar-refractivity contribution in [3.8, 4) is 0 Å². The Hall–Kier alpha value is -2.63. The molecule has 3 aliphatic carbocycles. The zero-order chi connectivity index (χ0) is 16.8. The smallest absolute Gasteiger partial charge is 0.309 e. The molecule has 3 saturated carbocycles. The highest BCUT2D eigenvalue weighted by atomic mass is 16.4. The van der Waals surface area contributed by atoms with Crippen molar-refractivity contribution >= 4 is 11.9 Å². The molecule has 2 N–H and O–H groups in total. The average molecular weight is 325 g/mol. The van der Waals surface area contributed by atoms with Crippen LogP contribution in [0.15, 0.2) is 49.1 Å². The van der Waals surface area contributed by atoms with Gasteiger partial charge in [-0.2, -0.15) is 0 Å². The first-order valence-corrected chi connectivity index (χ1v) is 8.08. The van der Waals surface area contributed by atoms with Crippen molar-refractivity contribution < 1.29 is 14.7 Å². The Bertz CT molecular complexity index is 750. The summed E-state index contributed by atoms with van der Waals surface area (Å²) in [6, 6.07) is 9.65. The van der Waals surface area contributed by atoms with Crippen LogP contribution in [0, 0.1) is 10.8 Å². The summed E-state index contributed by atoms with van der Waals surface area (Å²) in [6.45, 7) is 0.593. The molecule has 6 nitrogen and oxygen atoms in total. The van der Waals surface area contributed by atoms with Gasteiger partial charge < -0.3 is 15.0 Å². The maximum absolute atomic E-state index is 12.7. The predicted molar refractivity (Wildman–Crippen MR) is 85.9 cm³/mol. The molecular formula is C18H19N3O3. The van der Waals surface area contributed by atoms with Gasteiger partial charge in [-0.25, -0.2) is 4.98 Å². The van der Waals surface area contributed by atoms with Crippen molar-refractivity contribution in [2.75, 3.05) is 0 Å². The highest BCUT2D eigenvalue weighted by molar-refractivity contribution is 5.93. The number of hydrogen-bond acceptors (Lipinski definition) is 3. The van der Waals surface area contributed by atoms with E-state index in [0.717, 1.165) is 5.56 Å². The van der Waals surface area contributed by atoms with Crippen LogP contribution in [-0.4, -0.2) is 26.5 Å². The van der Waals surface area contributed by atoms with Crippen molar-refractivity contribution in [1.82, 2.24) is 14.9 Å². The van der Waals surface area contributed by atoms with Crippen molar-refractivity contribution in [3.05, 3.63) is 54.6 Å². The maximum Gasteiger partial charge on any atom is 0.309 e. The molecule has 24 heavy (non-hydrogen) atoms. The van der Waals surface area contributed by atoms with E-state index in [1.54, 1.807) is 12.5 Å². The van der Waals surface area contributed by atoms with Gasteiger partial charge in [-0.1, -0.05) is 30.3 Å². The standard InChI is InChI=1S/C18H19N3O3/c22-15(17-9-18(10-17,11-17)16(23)24)20-14(8-21-7-6-19-12-21)13-4-2-1-3-5-13/h1-7,12,14H,8-11H2,(H,20,22)(H,23,24). The molecule has 1 unspecified atom stereocenters. The lowest BCUT2D eigenvalue weighted by Crippen LogP contribution is -2.70. The van der Waals surface area contributed by atoms with Gasteiger partial charge in [-0.05, 0) is 24.8 Å². The third-order valence-corrected chi connectivity index (χ3v) is 5.43. The van der Waals surface area contributed by atoms with Crippen LogP contribution in [0.25, 0.3) is 0 Å². The van der Waals surface area contributed by atoms with E-state index in [4.69, 9.17) is 0 Å². The summed E-state index contributed by atoms with van der Waals surface area (Å²) in [5, 5.41) is 12.3. The van der Waals surface area contributed by atoms with Gasteiger partial charge in [-0.3, -0.25) is 9.59 Å². The largest absolute Gasteiger partial charge is 0.481 e. The Labute approximate surface area is 139 Å². The lowest BCUT2D eigenvalue weighted by atomic mass is 9.35. The number of amides is 1. The average Bonchev–Trinajstić information content (AvgIpc) is 2.97. The fourth-order valence-corrected chi connectivity index (χ4v) is 4.09. The molecule has 1 amide bonds. The van der Waals surface area contributed by atoms with E-state index in [0.29, 0.717) is 25.8 Å². The molecule has 0 radical (unpaired) electrons. The monoisotopic (exact) mass is 325 g/mol. The summed E-state index contributed by atoms with van der Waals surface area (Å²) in [6.07, 6.45) is 6.70. The van der Waals surface area contributed by atoms with Crippen molar-refractivity contribution in [2.45, 2.75) is 31.8 Å². The first-order valence-electron chi connectivity index (χ1n) is 8.08. The van der Waals surface area contributed by atoms with Crippen molar-refractivity contribution in [2.24, 2.45) is 10.8 Å². The molecule has 5 rings (SSSR count). The number of aromatic nitrogens is 2. The minimum atomic E-state index is -0.768. The number of rotatable bonds is 6. The van der Waals surface area contributed by atoms with Gasteiger partial charge in [0.1, 0.15) is 0 Å². The van der Waals surface area contributed by atoms with Gasteiger partial charge in [0.25, 0.3) is 0 Å². The Morgan fingerprint density at radius 3 is 2.50 bits per heavy atom. The fraction of sp³-hybridized carbons (Fsp3) is 0.389. The van der Waals surface area contributed by atoms with Crippen LogP contribution < -0.4 is 5.32 Å². The van der Waals surface area contributed by atoms with Gasteiger partial charge in [-0.15, -0.1) is 0 Å². The summed E-state index contributed by atoms with van der Waals surface area (Å²) < 4.78 is 1.93. The van der Waals surface area contributed by atoms with E-state index in [-0.39, 0.29) is 11.9 Å². The normalized spacial score (nSPS) is 28.3. The molecule has 1 aromatic carbocycles. The molecule has 2 aromatic rings. The number of carboxylic acid groups (broad SMARTS) is 1. The predicted octanol–water partition coefficient (Wildman–Crippen LogP) is 2.00. The van der Waals surface area contributed by atoms with Crippen LogP contribution in [0.3, 0.4) is 0 Å². The van der Waals surface area contributed by atoms with Gasteiger partial charge in [0.15, 0.2) is 0 Å². The van der Waals surface area contributed by atoms with Crippen LogP contribution in [0.1, 0.15) is 30.9 Å². The summed E-state index contributed by atoms with van der Waals surface area (Å²) in [4.78, 5) is 28.0. The molecule has 0 saturated heterocycles. The fourth-order valence-electron chi connectivity index (χ4n) is 4.09. The van der Waals surface area contributed by atoms with Crippen LogP contribution in [-0.2, 0) is 16.1 Å². The number of carbonyl (C=O) groups is 2. The molecule has 2 bridgehead atoms. The highest BCUT2D eigenvalue weighted by Gasteiger charge is 2.75. The van der Waals surface area contributed by atoms with E-state index >= 15 is 0 Å². The molecule has 1 aromatic heterocycles. The van der Waals surface area contributed by atoms with E-state index in [9.17, 15) is 14.7 Å². The third-order valence-electron chi connectivity index (χ3n) is 5.43. The molecule has 0 spiro atoms. The third kappa shape index (κ3) is 2.21.